The minimum Gasteiger partial charge on any atom is -0.378 e. The first-order valence-corrected chi connectivity index (χ1v) is 9.50. The van der Waals surface area contributed by atoms with Crippen molar-refractivity contribution in [3.63, 3.8) is 0 Å². The Hall–Kier alpha value is -1.55. The minimum atomic E-state index is -4.09. The number of carbonyl (C=O) groups is 1. The Balaban J connectivity index is 2.16. The Labute approximate surface area is 147 Å². The lowest BCUT2D eigenvalue weighted by Crippen LogP contribution is -2.31. The number of aryl methyl sites for hydroxylation is 1. The second-order valence-corrected chi connectivity index (χ2v) is 8.12. The Kier molecular flexibility index (Phi) is 5.92. The van der Waals surface area contributed by atoms with E-state index in [4.69, 9.17) is 16.3 Å². The number of methoxy groups -OCH3 is 1. The highest BCUT2D eigenvalue weighted by molar-refractivity contribution is 7.89. The molecule has 0 radical (unpaired) electrons. The summed E-state index contributed by atoms with van der Waals surface area (Å²) in [7, 11) is -2.61. The molecule has 0 saturated heterocycles. The molecule has 130 valence electrons. The lowest BCUT2D eigenvalue weighted by Gasteiger charge is -2.07. The molecule has 0 aliphatic heterocycles. The molecule has 0 unspecified atom stereocenters. The summed E-state index contributed by atoms with van der Waals surface area (Å²) in [6.45, 7) is 1.81. The number of hydrogen-bond acceptors (Lipinski definition) is 6. The SMILES string of the molecule is COCc1nc(C)c(C(=O)NS(=O)(=O)Cc2cc(Cl)ccc2F)s1. The Morgan fingerprint density at radius 3 is 2.83 bits per heavy atom. The van der Waals surface area contributed by atoms with Crippen molar-refractivity contribution < 1.29 is 22.3 Å². The maximum Gasteiger partial charge on any atom is 0.276 e. The topological polar surface area (TPSA) is 85.4 Å². The molecule has 1 N–H and O–H groups in total. The number of benzene rings is 1. The van der Waals surface area contributed by atoms with E-state index in [1.54, 1.807) is 6.92 Å². The summed E-state index contributed by atoms with van der Waals surface area (Å²) >= 11 is 6.77. The number of hydrogen-bond donors (Lipinski definition) is 1. The summed E-state index contributed by atoms with van der Waals surface area (Å²) in [5.41, 5.74) is 0.276. The van der Waals surface area contributed by atoms with Gasteiger partial charge >= 0.3 is 0 Å². The van der Waals surface area contributed by atoms with E-state index >= 15 is 0 Å². The number of amides is 1. The molecule has 0 atom stereocenters. The van der Waals surface area contributed by atoms with Crippen molar-refractivity contribution in [3.8, 4) is 0 Å². The van der Waals surface area contributed by atoms with Gasteiger partial charge in [-0.25, -0.2) is 22.5 Å². The van der Waals surface area contributed by atoms with E-state index in [0.717, 1.165) is 17.4 Å². The summed E-state index contributed by atoms with van der Waals surface area (Å²) < 4.78 is 44.7. The van der Waals surface area contributed by atoms with Crippen molar-refractivity contribution in [1.29, 1.82) is 0 Å². The molecule has 1 aromatic carbocycles. The highest BCUT2D eigenvalue weighted by Gasteiger charge is 2.22. The number of nitrogens with one attached hydrogen (secondary N) is 1. The van der Waals surface area contributed by atoms with Crippen molar-refractivity contribution in [1.82, 2.24) is 9.71 Å². The lowest BCUT2D eigenvalue weighted by atomic mass is 10.2. The van der Waals surface area contributed by atoms with E-state index in [9.17, 15) is 17.6 Å². The third-order valence-corrected chi connectivity index (χ3v) is 5.47. The van der Waals surface area contributed by atoms with Crippen molar-refractivity contribution in [2.75, 3.05) is 7.11 Å². The molecule has 1 amide bonds. The molecule has 0 spiro atoms. The molecule has 0 bridgehead atoms. The predicted octanol–water partition coefficient (Wildman–Crippen LogP) is 2.65. The van der Waals surface area contributed by atoms with Gasteiger partial charge < -0.3 is 4.74 Å². The first-order chi connectivity index (χ1) is 11.2. The molecular formula is C14H14ClFN2O4S2. The lowest BCUT2D eigenvalue weighted by molar-refractivity contribution is 0.0984. The molecule has 1 aromatic heterocycles. The fourth-order valence-corrected chi connectivity index (χ4v) is 4.21. The van der Waals surface area contributed by atoms with E-state index in [1.807, 2.05) is 4.72 Å². The van der Waals surface area contributed by atoms with Crippen molar-refractivity contribution in [3.05, 3.63) is 50.2 Å². The van der Waals surface area contributed by atoms with Crippen LogP contribution in [0.25, 0.3) is 0 Å². The molecule has 1 heterocycles. The standard InChI is InChI=1S/C14H14ClFN2O4S2/c1-8-13(23-12(17-8)6-22-2)14(19)18-24(20,21)7-9-5-10(15)3-4-11(9)16/h3-5H,6-7H2,1-2H3,(H,18,19). The number of rotatable bonds is 6. The number of carbonyl (C=O) groups excluding carboxylic acids is 1. The van der Waals surface area contributed by atoms with Gasteiger partial charge in [0.15, 0.2) is 0 Å². The number of aromatic nitrogens is 1. The van der Waals surface area contributed by atoms with Gasteiger partial charge in [0, 0.05) is 17.7 Å². The zero-order valence-corrected chi connectivity index (χ0v) is 15.2. The van der Waals surface area contributed by atoms with Crippen LogP contribution >= 0.6 is 22.9 Å². The summed E-state index contributed by atoms with van der Waals surface area (Å²) in [6.07, 6.45) is 0. The molecule has 10 heteroatoms. The second-order valence-electron chi connectivity index (χ2n) is 4.88. The quantitative estimate of drug-likeness (QED) is 0.816. The largest absolute Gasteiger partial charge is 0.378 e. The zero-order chi connectivity index (χ0) is 17.9. The van der Waals surface area contributed by atoms with Gasteiger partial charge in [-0.2, -0.15) is 0 Å². The fraction of sp³-hybridized carbons (Fsp3) is 0.286. The summed E-state index contributed by atoms with van der Waals surface area (Å²) in [6, 6.07) is 3.58. The van der Waals surface area contributed by atoms with Gasteiger partial charge in [0.05, 0.1) is 18.1 Å². The summed E-state index contributed by atoms with van der Waals surface area (Å²) in [5.74, 6) is -2.23. The highest BCUT2D eigenvalue weighted by Crippen LogP contribution is 2.20. The summed E-state index contributed by atoms with van der Waals surface area (Å²) in [5, 5.41) is 0.758. The zero-order valence-electron chi connectivity index (χ0n) is 12.8. The van der Waals surface area contributed by atoms with E-state index in [1.165, 1.54) is 19.2 Å². The third kappa shape index (κ3) is 4.73. The normalized spacial score (nSPS) is 11.5. The van der Waals surface area contributed by atoms with Crippen molar-refractivity contribution >= 4 is 38.9 Å². The van der Waals surface area contributed by atoms with Gasteiger partial charge in [0.25, 0.3) is 5.91 Å². The first kappa shape index (κ1) is 18.8. The molecule has 2 aromatic rings. The number of thiazole rings is 1. The molecule has 0 fully saturated rings. The molecular weight excluding hydrogens is 379 g/mol. The predicted molar refractivity (Wildman–Crippen MR) is 89.1 cm³/mol. The molecule has 0 saturated carbocycles. The van der Waals surface area contributed by atoms with E-state index in [-0.39, 0.29) is 22.1 Å². The minimum absolute atomic E-state index is 0.121. The van der Waals surface area contributed by atoms with Gasteiger partial charge in [-0.3, -0.25) is 4.79 Å². The van der Waals surface area contributed by atoms with Gasteiger partial charge in [0.1, 0.15) is 15.7 Å². The number of ether oxygens (including phenoxy) is 1. The van der Waals surface area contributed by atoms with Crippen LogP contribution in [0.2, 0.25) is 5.02 Å². The van der Waals surface area contributed by atoms with Gasteiger partial charge in [0.2, 0.25) is 10.0 Å². The monoisotopic (exact) mass is 392 g/mol. The smallest absolute Gasteiger partial charge is 0.276 e. The molecule has 2 rings (SSSR count). The second kappa shape index (κ2) is 7.56. The number of halogens is 2. The van der Waals surface area contributed by atoms with E-state index in [0.29, 0.717) is 10.7 Å². The number of nitrogens with zero attached hydrogens (tertiary/aromatic N) is 1. The average molecular weight is 393 g/mol. The van der Waals surface area contributed by atoms with Gasteiger partial charge in [-0.1, -0.05) is 11.6 Å². The number of sulfonamides is 1. The van der Waals surface area contributed by atoms with Crippen LogP contribution in [0, 0.1) is 12.7 Å². The highest BCUT2D eigenvalue weighted by atomic mass is 35.5. The van der Waals surface area contributed by atoms with Crippen molar-refractivity contribution in [2.45, 2.75) is 19.3 Å². The van der Waals surface area contributed by atoms with Crippen LogP contribution in [0.5, 0.6) is 0 Å². The van der Waals surface area contributed by atoms with Crippen LogP contribution in [-0.2, 0) is 27.1 Å². The van der Waals surface area contributed by atoms with Gasteiger partial charge in [-0.05, 0) is 25.1 Å². The van der Waals surface area contributed by atoms with Crippen LogP contribution in [0.3, 0.4) is 0 Å². The van der Waals surface area contributed by atoms with Gasteiger partial charge in [-0.15, -0.1) is 11.3 Å². The third-order valence-electron chi connectivity index (χ3n) is 2.92. The van der Waals surface area contributed by atoms with Crippen LogP contribution in [0.1, 0.15) is 25.9 Å². The molecule has 0 aliphatic carbocycles. The fourth-order valence-electron chi connectivity index (χ4n) is 1.93. The van der Waals surface area contributed by atoms with Crippen molar-refractivity contribution in [2.24, 2.45) is 0 Å². The molecule has 6 nitrogen and oxygen atoms in total. The first-order valence-electron chi connectivity index (χ1n) is 6.66. The van der Waals surface area contributed by atoms with Crippen LogP contribution < -0.4 is 4.72 Å². The Morgan fingerprint density at radius 2 is 2.17 bits per heavy atom. The average Bonchev–Trinajstić information content (AvgIpc) is 2.83. The van der Waals surface area contributed by atoms with Crippen LogP contribution in [-0.4, -0.2) is 26.4 Å². The van der Waals surface area contributed by atoms with Crippen LogP contribution in [0.15, 0.2) is 18.2 Å². The maximum atomic E-state index is 13.7. The Bertz CT molecular complexity index is 868. The molecule has 24 heavy (non-hydrogen) atoms. The maximum absolute atomic E-state index is 13.7. The Morgan fingerprint density at radius 1 is 1.46 bits per heavy atom. The summed E-state index contributed by atoms with van der Waals surface area (Å²) in [4.78, 5) is 16.4. The van der Waals surface area contributed by atoms with E-state index in [2.05, 4.69) is 4.98 Å². The van der Waals surface area contributed by atoms with Crippen LogP contribution in [0.4, 0.5) is 4.39 Å². The van der Waals surface area contributed by atoms with E-state index < -0.39 is 27.5 Å². The molecule has 0 aliphatic rings.